The number of nitrogens with zero attached hydrogens (tertiary/aromatic N) is 2. The van der Waals surface area contributed by atoms with E-state index in [9.17, 15) is 13.2 Å². The van der Waals surface area contributed by atoms with Crippen LogP contribution in [0, 0.1) is 12.3 Å². The van der Waals surface area contributed by atoms with Crippen molar-refractivity contribution in [3.63, 3.8) is 0 Å². The lowest BCUT2D eigenvalue weighted by atomic mass is 10.3. The smallest absolute Gasteiger partial charge is 0.234 e. The van der Waals surface area contributed by atoms with Gasteiger partial charge in [0.1, 0.15) is 0 Å². The summed E-state index contributed by atoms with van der Waals surface area (Å²) in [7, 11) is -3.11. The van der Waals surface area contributed by atoms with Crippen LogP contribution in [0.4, 0.5) is 0 Å². The van der Waals surface area contributed by atoms with E-state index in [1.165, 1.54) is 10.6 Å². The van der Waals surface area contributed by atoms with E-state index in [0.717, 1.165) is 0 Å². The second-order valence-corrected chi connectivity index (χ2v) is 5.90. The van der Waals surface area contributed by atoms with Gasteiger partial charge in [-0.2, -0.15) is 4.31 Å². The molecule has 96 valence electrons. The largest absolute Gasteiger partial charge is 0.344 e. The highest BCUT2D eigenvalue weighted by Gasteiger charge is 2.24. The Bertz CT molecular complexity index is 405. The SMILES string of the molecule is C#CCNC(=O)CN1CCN(S(C)(=O)=O)CC1. The minimum Gasteiger partial charge on any atom is -0.344 e. The highest BCUT2D eigenvalue weighted by Crippen LogP contribution is 2.05. The zero-order valence-electron chi connectivity index (χ0n) is 9.85. The topological polar surface area (TPSA) is 69.7 Å². The van der Waals surface area contributed by atoms with Crippen LogP contribution >= 0.6 is 0 Å². The molecule has 0 aromatic heterocycles. The molecule has 1 heterocycles. The lowest BCUT2D eigenvalue weighted by Gasteiger charge is -2.32. The number of rotatable bonds is 4. The van der Waals surface area contributed by atoms with Crippen LogP contribution < -0.4 is 5.32 Å². The van der Waals surface area contributed by atoms with Gasteiger partial charge in [-0.05, 0) is 0 Å². The number of carbonyl (C=O) groups excluding carboxylic acids is 1. The van der Waals surface area contributed by atoms with Crippen molar-refractivity contribution in [1.29, 1.82) is 0 Å². The Balaban J connectivity index is 2.33. The van der Waals surface area contributed by atoms with Crippen LogP contribution in [0.25, 0.3) is 0 Å². The van der Waals surface area contributed by atoms with Crippen molar-refractivity contribution in [1.82, 2.24) is 14.5 Å². The van der Waals surface area contributed by atoms with Gasteiger partial charge in [0.2, 0.25) is 15.9 Å². The summed E-state index contributed by atoms with van der Waals surface area (Å²) < 4.78 is 23.9. The molecule has 1 rings (SSSR count). The fourth-order valence-electron chi connectivity index (χ4n) is 1.63. The van der Waals surface area contributed by atoms with E-state index in [4.69, 9.17) is 6.42 Å². The Labute approximate surface area is 102 Å². The molecule has 1 aliphatic rings. The van der Waals surface area contributed by atoms with Gasteiger partial charge in [0.25, 0.3) is 0 Å². The molecule has 17 heavy (non-hydrogen) atoms. The molecule has 0 aliphatic carbocycles. The Morgan fingerprint density at radius 3 is 2.41 bits per heavy atom. The second-order valence-electron chi connectivity index (χ2n) is 3.92. The van der Waals surface area contributed by atoms with Crippen molar-refractivity contribution in [2.24, 2.45) is 0 Å². The molecule has 1 N–H and O–H groups in total. The molecular weight excluding hydrogens is 242 g/mol. The molecule has 0 aromatic rings. The Morgan fingerprint density at radius 2 is 1.94 bits per heavy atom. The van der Waals surface area contributed by atoms with Gasteiger partial charge in [0.05, 0.1) is 19.3 Å². The quantitative estimate of drug-likeness (QED) is 0.612. The number of terminal acetylenes is 1. The zero-order valence-corrected chi connectivity index (χ0v) is 10.7. The van der Waals surface area contributed by atoms with E-state index in [1.807, 2.05) is 4.90 Å². The van der Waals surface area contributed by atoms with Crippen LogP contribution in [-0.4, -0.2) is 69.1 Å². The van der Waals surface area contributed by atoms with Gasteiger partial charge < -0.3 is 5.32 Å². The Kier molecular flexibility index (Phi) is 4.93. The molecule has 0 aromatic carbocycles. The first-order valence-electron chi connectivity index (χ1n) is 5.31. The lowest BCUT2D eigenvalue weighted by Crippen LogP contribution is -2.50. The summed E-state index contributed by atoms with van der Waals surface area (Å²) in [6.45, 7) is 2.48. The standard InChI is InChI=1S/C10H17N3O3S/c1-3-4-11-10(14)9-12-5-7-13(8-6-12)17(2,15)16/h1H,4-9H2,2H3,(H,11,14). The van der Waals surface area contributed by atoms with Crippen LogP contribution in [0.1, 0.15) is 0 Å². The van der Waals surface area contributed by atoms with Gasteiger partial charge in [-0.15, -0.1) is 6.42 Å². The van der Waals surface area contributed by atoms with Crippen LogP contribution in [0.5, 0.6) is 0 Å². The maximum Gasteiger partial charge on any atom is 0.234 e. The minimum atomic E-state index is -3.11. The van der Waals surface area contributed by atoms with Crippen molar-refractivity contribution in [3.05, 3.63) is 0 Å². The van der Waals surface area contributed by atoms with Crippen molar-refractivity contribution in [3.8, 4) is 12.3 Å². The highest BCUT2D eigenvalue weighted by molar-refractivity contribution is 7.88. The number of sulfonamides is 1. The molecule has 0 spiro atoms. The summed E-state index contributed by atoms with van der Waals surface area (Å²) in [4.78, 5) is 13.3. The molecule has 6 nitrogen and oxygen atoms in total. The molecular formula is C10H17N3O3S. The fourth-order valence-corrected chi connectivity index (χ4v) is 2.45. The molecule has 0 saturated carbocycles. The van der Waals surface area contributed by atoms with Gasteiger partial charge in [-0.25, -0.2) is 8.42 Å². The lowest BCUT2D eigenvalue weighted by molar-refractivity contribution is -0.122. The Morgan fingerprint density at radius 1 is 1.35 bits per heavy atom. The van der Waals surface area contributed by atoms with Crippen molar-refractivity contribution in [2.75, 3.05) is 45.5 Å². The molecule has 0 atom stereocenters. The molecule has 1 saturated heterocycles. The van der Waals surface area contributed by atoms with Gasteiger partial charge >= 0.3 is 0 Å². The maximum absolute atomic E-state index is 11.4. The third kappa shape index (κ3) is 4.73. The molecule has 0 radical (unpaired) electrons. The van der Waals surface area contributed by atoms with Crippen molar-refractivity contribution >= 4 is 15.9 Å². The minimum absolute atomic E-state index is 0.129. The summed E-state index contributed by atoms with van der Waals surface area (Å²) in [5, 5.41) is 2.57. The Hall–Kier alpha value is -1.10. The number of carbonyl (C=O) groups is 1. The first-order valence-corrected chi connectivity index (χ1v) is 7.16. The third-order valence-electron chi connectivity index (χ3n) is 2.56. The van der Waals surface area contributed by atoms with Crippen LogP contribution in [-0.2, 0) is 14.8 Å². The number of hydrogen-bond acceptors (Lipinski definition) is 4. The van der Waals surface area contributed by atoms with Crippen molar-refractivity contribution < 1.29 is 13.2 Å². The first kappa shape index (κ1) is 14.0. The average Bonchev–Trinajstić information content (AvgIpc) is 2.26. The van der Waals surface area contributed by atoms with Gasteiger partial charge in [-0.3, -0.25) is 9.69 Å². The molecule has 0 unspecified atom stereocenters. The molecule has 1 aliphatic heterocycles. The summed E-state index contributed by atoms with van der Waals surface area (Å²) >= 11 is 0. The van der Waals surface area contributed by atoms with Gasteiger partial charge in [0, 0.05) is 26.2 Å². The fraction of sp³-hybridized carbons (Fsp3) is 0.700. The summed E-state index contributed by atoms with van der Waals surface area (Å²) in [6, 6.07) is 0. The van der Waals surface area contributed by atoms with Crippen LogP contribution in [0.15, 0.2) is 0 Å². The number of amides is 1. The average molecular weight is 259 g/mol. The van der Waals surface area contributed by atoms with Crippen LogP contribution in [0.3, 0.4) is 0 Å². The molecule has 1 fully saturated rings. The normalized spacial score (nSPS) is 18.6. The van der Waals surface area contributed by atoms with Crippen molar-refractivity contribution in [2.45, 2.75) is 0 Å². The third-order valence-corrected chi connectivity index (χ3v) is 3.86. The molecule has 1 amide bonds. The monoisotopic (exact) mass is 259 g/mol. The predicted octanol–water partition coefficient (Wildman–Crippen LogP) is -1.69. The summed E-state index contributed by atoms with van der Waals surface area (Å²) in [5.41, 5.74) is 0. The van der Waals surface area contributed by atoms with Crippen LogP contribution in [0.2, 0.25) is 0 Å². The molecule has 7 heteroatoms. The van der Waals surface area contributed by atoms with Gasteiger partial charge in [-0.1, -0.05) is 5.92 Å². The van der Waals surface area contributed by atoms with E-state index in [2.05, 4.69) is 11.2 Å². The highest BCUT2D eigenvalue weighted by atomic mass is 32.2. The van der Waals surface area contributed by atoms with E-state index in [-0.39, 0.29) is 19.0 Å². The van der Waals surface area contributed by atoms with Gasteiger partial charge in [0.15, 0.2) is 0 Å². The summed E-state index contributed by atoms with van der Waals surface area (Å²) in [6.07, 6.45) is 6.22. The predicted molar refractivity (Wildman–Crippen MR) is 64.7 cm³/mol. The maximum atomic E-state index is 11.4. The van der Waals surface area contributed by atoms with E-state index >= 15 is 0 Å². The number of piperazine rings is 1. The van der Waals surface area contributed by atoms with E-state index in [1.54, 1.807) is 0 Å². The number of nitrogens with one attached hydrogen (secondary N) is 1. The zero-order chi connectivity index (χ0) is 12.9. The van der Waals surface area contributed by atoms with E-state index < -0.39 is 10.0 Å². The number of hydrogen-bond donors (Lipinski definition) is 1. The van der Waals surface area contributed by atoms with E-state index in [0.29, 0.717) is 26.2 Å². The summed E-state index contributed by atoms with van der Waals surface area (Å²) in [5.74, 6) is 2.20. The first-order chi connectivity index (χ1) is 7.93. The molecule has 0 bridgehead atoms. The second kappa shape index (κ2) is 6.00.